The van der Waals surface area contributed by atoms with Crippen LogP contribution < -0.4 is 5.32 Å². The van der Waals surface area contributed by atoms with Gasteiger partial charge in [0, 0.05) is 4.88 Å². The zero-order valence-electron chi connectivity index (χ0n) is 7.97. The summed E-state index contributed by atoms with van der Waals surface area (Å²) in [6.45, 7) is 0.499. The summed E-state index contributed by atoms with van der Waals surface area (Å²) >= 11 is 1.57. The molecule has 1 aliphatic carbocycles. The van der Waals surface area contributed by atoms with Crippen LogP contribution in [0, 0.1) is 11.8 Å². The maximum atomic E-state index is 11.4. The lowest BCUT2D eigenvalue weighted by Crippen LogP contribution is -2.25. The molecule has 80 valence electrons. The number of hydrogen-bond acceptors (Lipinski definition) is 3. The molecular weight excluding hydrogens is 214 g/mol. The van der Waals surface area contributed by atoms with Crippen molar-refractivity contribution in [3.05, 3.63) is 22.4 Å². The van der Waals surface area contributed by atoms with E-state index in [9.17, 15) is 9.59 Å². The molecule has 0 radical (unpaired) electrons. The summed E-state index contributed by atoms with van der Waals surface area (Å²) in [4.78, 5) is 23.1. The van der Waals surface area contributed by atoms with E-state index in [-0.39, 0.29) is 11.8 Å². The van der Waals surface area contributed by atoms with Crippen LogP contribution >= 0.6 is 11.3 Å². The normalized spacial score (nSPS) is 23.5. The van der Waals surface area contributed by atoms with Crippen LogP contribution in [0.15, 0.2) is 17.5 Å². The number of carbonyl (C=O) groups excluding carboxylic acids is 1. The van der Waals surface area contributed by atoms with Gasteiger partial charge >= 0.3 is 5.97 Å². The average Bonchev–Trinajstić information content (AvgIpc) is 2.85. The second-order valence-corrected chi connectivity index (χ2v) is 4.62. The molecular formula is C10H11NO3S. The van der Waals surface area contributed by atoms with E-state index < -0.39 is 11.9 Å². The van der Waals surface area contributed by atoms with Gasteiger partial charge in [0.05, 0.1) is 18.4 Å². The SMILES string of the molecule is O=C(O)[C@H]1C[C@H]1C(=O)NCc1cccs1. The molecule has 1 aromatic rings. The van der Waals surface area contributed by atoms with E-state index in [1.54, 1.807) is 11.3 Å². The van der Waals surface area contributed by atoms with Crippen molar-refractivity contribution in [2.45, 2.75) is 13.0 Å². The molecule has 0 bridgehead atoms. The Morgan fingerprint density at radius 2 is 2.33 bits per heavy atom. The van der Waals surface area contributed by atoms with Crippen molar-refractivity contribution in [1.29, 1.82) is 0 Å². The Morgan fingerprint density at radius 3 is 2.87 bits per heavy atom. The van der Waals surface area contributed by atoms with Gasteiger partial charge in [-0.25, -0.2) is 0 Å². The highest BCUT2D eigenvalue weighted by Crippen LogP contribution is 2.38. The number of carboxylic acid groups (broad SMARTS) is 1. The summed E-state index contributed by atoms with van der Waals surface area (Å²) in [5, 5.41) is 13.3. The monoisotopic (exact) mass is 225 g/mol. The molecule has 1 amide bonds. The number of nitrogens with one attached hydrogen (secondary N) is 1. The smallest absolute Gasteiger partial charge is 0.307 e. The van der Waals surface area contributed by atoms with Crippen molar-refractivity contribution < 1.29 is 14.7 Å². The van der Waals surface area contributed by atoms with Crippen molar-refractivity contribution in [2.75, 3.05) is 0 Å². The molecule has 0 aliphatic heterocycles. The quantitative estimate of drug-likeness (QED) is 0.806. The summed E-state index contributed by atoms with van der Waals surface area (Å²) in [7, 11) is 0. The van der Waals surface area contributed by atoms with Crippen molar-refractivity contribution in [3.63, 3.8) is 0 Å². The fourth-order valence-corrected chi connectivity index (χ4v) is 2.12. The van der Waals surface area contributed by atoms with E-state index in [0.717, 1.165) is 4.88 Å². The molecule has 0 aromatic carbocycles. The second kappa shape index (κ2) is 4.02. The molecule has 1 fully saturated rings. The van der Waals surface area contributed by atoms with Crippen LogP contribution in [0.1, 0.15) is 11.3 Å². The molecule has 0 spiro atoms. The number of thiophene rings is 1. The third-order valence-electron chi connectivity index (χ3n) is 2.46. The Labute approximate surface area is 90.9 Å². The van der Waals surface area contributed by atoms with Crippen LogP contribution in [0.5, 0.6) is 0 Å². The summed E-state index contributed by atoms with van der Waals surface area (Å²) in [6.07, 6.45) is 0.478. The van der Waals surface area contributed by atoms with E-state index in [1.165, 1.54) is 0 Å². The number of aliphatic carboxylic acids is 1. The summed E-state index contributed by atoms with van der Waals surface area (Å²) < 4.78 is 0. The van der Waals surface area contributed by atoms with Gasteiger partial charge in [-0.1, -0.05) is 6.07 Å². The zero-order valence-corrected chi connectivity index (χ0v) is 8.79. The molecule has 1 aromatic heterocycles. The molecule has 2 rings (SSSR count). The van der Waals surface area contributed by atoms with Gasteiger partial charge in [-0.2, -0.15) is 0 Å². The number of carbonyl (C=O) groups is 2. The topological polar surface area (TPSA) is 66.4 Å². The molecule has 1 aliphatic rings. The van der Waals surface area contributed by atoms with E-state index in [4.69, 9.17) is 5.11 Å². The summed E-state index contributed by atoms with van der Waals surface area (Å²) in [5.74, 6) is -1.79. The Balaban J connectivity index is 1.77. The van der Waals surface area contributed by atoms with Crippen LogP contribution in [0.4, 0.5) is 0 Å². The largest absolute Gasteiger partial charge is 0.481 e. The van der Waals surface area contributed by atoms with Gasteiger partial charge in [0.15, 0.2) is 0 Å². The van der Waals surface area contributed by atoms with Crippen LogP contribution in [0.3, 0.4) is 0 Å². The first-order valence-electron chi connectivity index (χ1n) is 4.71. The number of rotatable bonds is 4. The maximum absolute atomic E-state index is 11.4. The van der Waals surface area contributed by atoms with Crippen molar-refractivity contribution in [2.24, 2.45) is 11.8 Å². The van der Waals surface area contributed by atoms with Gasteiger partial charge < -0.3 is 10.4 Å². The van der Waals surface area contributed by atoms with Crippen molar-refractivity contribution in [1.82, 2.24) is 5.32 Å². The zero-order chi connectivity index (χ0) is 10.8. The molecule has 15 heavy (non-hydrogen) atoms. The standard InChI is InChI=1S/C10H11NO3S/c12-9(7-4-8(7)10(13)14)11-5-6-2-1-3-15-6/h1-3,7-8H,4-5H2,(H,11,12)(H,13,14)/t7-,8+/m1/s1. The fraction of sp³-hybridized carbons (Fsp3) is 0.400. The molecule has 2 N–H and O–H groups in total. The molecule has 0 saturated heterocycles. The first kappa shape index (κ1) is 10.2. The van der Waals surface area contributed by atoms with Crippen LogP contribution in [-0.2, 0) is 16.1 Å². The van der Waals surface area contributed by atoms with Gasteiger partial charge in [0.25, 0.3) is 0 Å². The van der Waals surface area contributed by atoms with E-state index in [0.29, 0.717) is 13.0 Å². The minimum atomic E-state index is -0.869. The maximum Gasteiger partial charge on any atom is 0.307 e. The second-order valence-electron chi connectivity index (χ2n) is 3.58. The number of hydrogen-bond donors (Lipinski definition) is 2. The Morgan fingerprint density at radius 1 is 1.53 bits per heavy atom. The fourth-order valence-electron chi connectivity index (χ4n) is 1.48. The minimum Gasteiger partial charge on any atom is -0.481 e. The third kappa shape index (κ3) is 2.36. The van der Waals surface area contributed by atoms with Crippen molar-refractivity contribution in [3.8, 4) is 0 Å². The Hall–Kier alpha value is -1.36. The Bertz CT molecular complexity index is 374. The molecule has 4 nitrogen and oxygen atoms in total. The van der Waals surface area contributed by atoms with Gasteiger partial charge in [0.1, 0.15) is 0 Å². The highest BCUT2D eigenvalue weighted by Gasteiger charge is 2.48. The van der Waals surface area contributed by atoms with Gasteiger partial charge in [-0.15, -0.1) is 11.3 Å². The predicted octanol–water partition coefficient (Wildman–Crippen LogP) is 1.08. The first-order chi connectivity index (χ1) is 7.18. The average molecular weight is 225 g/mol. The van der Waals surface area contributed by atoms with Gasteiger partial charge in [-0.05, 0) is 17.9 Å². The van der Waals surface area contributed by atoms with Gasteiger partial charge in [-0.3, -0.25) is 9.59 Å². The lowest BCUT2D eigenvalue weighted by Gasteiger charge is -2.01. The third-order valence-corrected chi connectivity index (χ3v) is 3.34. The van der Waals surface area contributed by atoms with E-state index in [2.05, 4.69) is 5.32 Å². The molecule has 1 heterocycles. The van der Waals surface area contributed by atoms with Crippen LogP contribution in [0.25, 0.3) is 0 Å². The summed E-state index contributed by atoms with van der Waals surface area (Å²) in [5.41, 5.74) is 0. The lowest BCUT2D eigenvalue weighted by molar-refractivity contribution is -0.140. The highest BCUT2D eigenvalue weighted by atomic mass is 32.1. The minimum absolute atomic E-state index is 0.143. The highest BCUT2D eigenvalue weighted by molar-refractivity contribution is 7.09. The number of carboxylic acids is 1. The molecule has 5 heteroatoms. The molecule has 1 saturated carbocycles. The van der Waals surface area contributed by atoms with E-state index in [1.807, 2.05) is 17.5 Å². The Kier molecular flexibility index (Phi) is 2.73. The lowest BCUT2D eigenvalue weighted by atomic mass is 10.3. The first-order valence-corrected chi connectivity index (χ1v) is 5.59. The van der Waals surface area contributed by atoms with E-state index >= 15 is 0 Å². The van der Waals surface area contributed by atoms with Crippen LogP contribution in [-0.4, -0.2) is 17.0 Å². The molecule has 0 unspecified atom stereocenters. The molecule has 2 atom stereocenters. The van der Waals surface area contributed by atoms with Crippen molar-refractivity contribution >= 4 is 23.2 Å². The number of amides is 1. The predicted molar refractivity (Wildman–Crippen MR) is 55.4 cm³/mol. The van der Waals surface area contributed by atoms with Gasteiger partial charge in [0.2, 0.25) is 5.91 Å². The van der Waals surface area contributed by atoms with Crippen LogP contribution in [0.2, 0.25) is 0 Å². The summed E-state index contributed by atoms with van der Waals surface area (Å²) in [6, 6.07) is 3.86.